The van der Waals surface area contributed by atoms with Gasteiger partial charge in [-0.25, -0.2) is 9.97 Å². The molecule has 0 aliphatic carbocycles. The van der Waals surface area contributed by atoms with E-state index in [1.807, 2.05) is 36.9 Å². The molecule has 3 heterocycles. The van der Waals surface area contributed by atoms with Crippen molar-refractivity contribution in [3.63, 3.8) is 0 Å². The molecule has 1 aliphatic heterocycles. The average Bonchev–Trinajstić information content (AvgIpc) is 3.89. The number of H-pyrrole nitrogens is 1. The van der Waals surface area contributed by atoms with E-state index in [0.29, 0.717) is 38.3 Å². The molecule has 0 bridgehead atoms. The van der Waals surface area contributed by atoms with E-state index >= 15 is 0 Å². The molecule has 50 heavy (non-hydrogen) atoms. The van der Waals surface area contributed by atoms with Gasteiger partial charge in [-0.1, -0.05) is 77.4 Å². The molecule has 10 nitrogen and oxygen atoms in total. The molecule has 2 N–H and O–H groups in total. The van der Waals surface area contributed by atoms with Gasteiger partial charge in [-0.15, -0.1) is 0 Å². The van der Waals surface area contributed by atoms with Gasteiger partial charge in [-0.05, 0) is 73.0 Å². The van der Waals surface area contributed by atoms with Crippen LogP contribution in [0, 0.1) is 11.8 Å². The molecule has 11 heteroatoms. The van der Waals surface area contributed by atoms with E-state index in [2.05, 4.69) is 60.3 Å². The highest BCUT2D eigenvalue weighted by Gasteiger charge is 2.35. The van der Waals surface area contributed by atoms with E-state index in [0.717, 1.165) is 52.6 Å². The quantitative estimate of drug-likeness (QED) is 0.0567. The fourth-order valence-corrected chi connectivity index (χ4v) is 7.20. The Labute approximate surface area is 307 Å². The minimum atomic E-state index is -0.361. The summed E-state index contributed by atoms with van der Waals surface area (Å²) in [4.78, 5) is 45.2. The van der Waals surface area contributed by atoms with E-state index in [-0.39, 0.29) is 30.3 Å². The number of amides is 1. The number of imidazole rings is 2. The Hall–Kier alpha value is -3.47. The third-order valence-corrected chi connectivity index (χ3v) is 10.5. The first kappa shape index (κ1) is 39.3. The van der Waals surface area contributed by atoms with Gasteiger partial charge in [0.25, 0.3) is 0 Å². The Balaban J connectivity index is 1.22. The van der Waals surface area contributed by atoms with Gasteiger partial charge in [0.15, 0.2) is 0 Å². The number of carbonyl (C=O) groups excluding carboxylic acids is 2. The first-order chi connectivity index (χ1) is 24.4. The summed E-state index contributed by atoms with van der Waals surface area (Å²) in [7, 11) is 1.95. The fourth-order valence-electron chi connectivity index (χ4n) is 6.65. The number of fused-ring (bicyclic) bond motifs is 1. The maximum atomic E-state index is 14.2. The number of rotatable bonds is 23. The van der Waals surface area contributed by atoms with E-state index in [9.17, 15) is 9.59 Å². The predicted octanol–water partition coefficient (Wildman–Crippen LogP) is 9.13. The van der Waals surface area contributed by atoms with Gasteiger partial charge in [0.1, 0.15) is 5.52 Å². The molecule has 274 valence electrons. The molecular formula is C39H58BrN7O3. The molecule has 1 amide bonds. The minimum absolute atomic E-state index is 0.0197. The standard InChI is InChI=1S/C39H58BrN7O3/c1-4-6-7-8-9-10-11-12-13-14-15-16-17-18-19-20-35(48)50-27-30(25-31-26-41-29-46(31)3)32(5-2)38(49)47-24-23-42-39(47)45-33-21-22-34-37(36(33)40)44-28-43-34/h12-13,21-22,26,28-30,32H,4-11,14-20,23-25,27H2,1-3H3,(H,42,45)(H,43,44)/b13-12-. The van der Waals surface area contributed by atoms with Crippen LogP contribution in [-0.2, 0) is 27.8 Å². The summed E-state index contributed by atoms with van der Waals surface area (Å²) in [6, 6.07) is 3.88. The second-order valence-electron chi connectivity index (χ2n) is 13.5. The molecule has 0 saturated heterocycles. The lowest BCUT2D eigenvalue weighted by Crippen LogP contribution is -2.45. The van der Waals surface area contributed by atoms with Crippen molar-refractivity contribution in [2.75, 3.05) is 25.0 Å². The number of anilines is 1. The molecule has 0 saturated carbocycles. The van der Waals surface area contributed by atoms with Crippen molar-refractivity contribution >= 4 is 50.5 Å². The summed E-state index contributed by atoms with van der Waals surface area (Å²) >= 11 is 3.66. The second kappa shape index (κ2) is 21.7. The number of halogens is 1. The molecule has 1 aromatic carbocycles. The van der Waals surface area contributed by atoms with Crippen LogP contribution in [0.2, 0.25) is 0 Å². The van der Waals surface area contributed by atoms with Gasteiger partial charge in [0, 0.05) is 43.7 Å². The fraction of sp³-hybridized carbons (Fsp3) is 0.615. The highest BCUT2D eigenvalue weighted by Crippen LogP contribution is 2.31. The summed E-state index contributed by atoms with van der Waals surface area (Å²) in [5, 5.41) is 3.36. The summed E-state index contributed by atoms with van der Waals surface area (Å²) in [5.41, 5.74) is 3.50. The van der Waals surface area contributed by atoms with E-state index < -0.39 is 0 Å². The summed E-state index contributed by atoms with van der Waals surface area (Å²) < 4.78 is 8.63. The summed E-state index contributed by atoms with van der Waals surface area (Å²) in [5.74, 6) is -0.253. The van der Waals surface area contributed by atoms with Crippen LogP contribution in [0.4, 0.5) is 5.69 Å². The minimum Gasteiger partial charge on any atom is -0.465 e. The number of allylic oxidation sites excluding steroid dienone is 2. The smallest absolute Gasteiger partial charge is 0.305 e. The number of aliphatic imine (C=N–C) groups is 1. The van der Waals surface area contributed by atoms with Gasteiger partial charge in [0.2, 0.25) is 11.9 Å². The Kier molecular flexibility index (Phi) is 17.0. The van der Waals surface area contributed by atoms with Crippen molar-refractivity contribution in [3.8, 4) is 0 Å². The molecular weight excluding hydrogens is 694 g/mol. The number of nitrogens with one attached hydrogen (secondary N) is 2. The van der Waals surface area contributed by atoms with Crippen LogP contribution in [0.5, 0.6) is 0 Å². The number of aromatic amines is 1. The highest BCUT2D eigenvalue weighted by atomic mass is 79.9. The highest BCUT2D eigenvalue weighted by molar-refractivity contribution is 9.10. The lowest BCUT2D eigenvalue weighted by molar-refractivity contribution is -0.148. The van der Waals surface area contributed by atoms with Gasteiger partial charge in [-0.3, -0.25) is 19.5 Å². The third-order valence-electron chi connectivity index (χ3n) is 9.70. The zero-order chi connectivity index (χ0) is 35.6. The van der Waals surface area contributed by atoms with Crippen LogP contribution in [0.25, 0.3) is 11.0 Å². The lowest BCUT2D eigenvalue weighted by Gasteiger charge is -2.30. The number of esters is 1. The molecule has 0 spiro atoms. The summed E-state index contributed by atoms with van der Waals surface area (Å²) in [6.07, 6.45) is 27.3. The van der Waals surface area contributed by atoms with Crippen molar-refractivity contribution in [1.82, 2.24) is 24.4 Å². The molecule has 4 rings (SSSR count). The van der Waals surface area contributed by atoms with Crippen molar-refractivity contribution < 1.29 is 14.3 Å². The number of hydrogen-bond donors (Lipinski definition) is 2. The first-order valence-corrected chi connectivity index (χ1v) is 19.7. The van der Waals surface area contributed by atoms with Crippen molar-refractivity contribution in [2.24, 2.45) is 23.9 Å². The predicted molar refractivity (Wildman–Crippen MR) is 206 cm³/mol. The number of guanidine groups is 1. The number of aromatic nitrogens is 4. The maximum absolute atomic E-state index is 14.2. The number of aryl methyl sites for hydroxylation is 1. The topological polar surface area (TPSA) is 117 Å². The molecule has 2 unspecified atom stereocenters. The Morgan fingerprint density at radius 2 is 1.74 bits per heavy atom. The van der Waals surface area contributed by atoms with Crippen LogP contribution < -0.4 is 5.32 Å². The zero-order valence-corrected chi connectivity index (χ0v) is 32.1. The first-order valence-electron chi connectivity index (χ1n) is 18.9. The Morgan fingerprint density at radius 3 is 2.44 bits per heavy atom. The molecule has 2 atom stereocenters. The number of unbranched alkanes of at least 4 members (excludes halogenated alkanes) is 11. The van der Waals surface area contributed by atoms with Crippen LogP contribution >= 0.6 is 15.9 Å². The molecule has 0 radical (unpaired) electrons. The number of hydrogen-bond acceptors (Lipinski definition) is 7. The summed E-state index contributed by atoms with van der Waals surface area (Å²) in [6.45, 7) is 5.48. The van der Waals surface area contributed by atoms with Crippen molar-refractivity contribution in [1.29, 1.82) is 0 Å². The van der Waals surface area contributed by atoms with Gasteiger partial charge in [0.05, 0.1) is 41.5 Å². The van der Waals surface area contributed by atoms with Gasteiger partial charge >= 0.3 is 5.97 Å². The largest absolute Gasteiger partial charge is 0.465 e. The van der Waals surface area contributed by atoms with Gasteiger partial charge in [-0.2, -0.15) is 0 Å². The van der Waals surface area contributed by atoms with Crippen molar-refractivity contribution in [2.45, 2.75) is 117 Å². The van der Waals surface area contributed by atoms with Crippen LogP contribution in [0.3, 0.4) is 0 Å². The Morgan fingerprint density at radius 1 is 1.02 bits per heavy atom. The average molecular weight is 753 g/mol. The zero-order valence-electron chi connectivity index (χ0n) is 30.5. The molecule has 2 aromatic heterocycles. The molecule has 0 fully saturated rings. The van der Waals surface area contributed by atoms with Crippen LogP contribution in [-0.4, -0.2) is 62.0 Å². The number of benzene rings is 1. The number of ether oxygens (including phenoxy) is 1. The van der Waals surface area contributed by atoms with E-state index in [4.69, 9.17) is 4.74 Å². The Bertz CT molecular complexity index is 1530. The van der Waals surface area contributed by atoms with Crippen LogP contribution in [0.1, 0.15) is 116 Å². The van der Waals surface area contributed by atoms with Gasteiger partial charge < -0.3 is 19.6 Å². The third kappa shape index (κ3) is 12.1. The maximum Gasteiger partial charge on any atom is 0.305 e. The van der Waals surface area contributed by atoms with Crippen LogP contribution in [0.15, 0.2) is 52.6 Å². The SMILES string of the molecule is CCCCCCCC/C=C\CCCCCCCC(=O)OCC(Cc1cncn1C)C(CC)C(=O)N1CCN=C1Nc1ccc2[nH]cnc2c1Br. The molecule has 3 aromatic rings. The monoisotopic (exact) mass is 751 g/mol. The molecule has 1 aliphatic rings. The number of carbonyl (C=O) groups is 2. The normalized spacial score (nSPS) is 14.4. The number of nitrogens with zero attached hydrogens (tertiary/aromatic N) is 5. The van der Waals surface area contributed by atoms with Crippen molar-refractivity contribution in [3.05, 3.63) is 53.3 Å². The second-order valence-corrected chi connectivity index (χ2v) is 14.3. The lowest BCUT2D eigenvalue weighted by atomic mass is 9.85. The van der Waals surface area contributed by atoms with E-state index in [1.54, 1.807) is 17.6 Å². The van der Waals surface area contributed by atoms with E-state index in [1.165, 1.54) is 57.8 Å².